The van der Waals surface area contributed by atoms with Crippen molar-refractivity contribution in [1.82, 2.24) is 10.2 Å². The number of hydrogen-bond acceptors (Lipinski definition) is 4. The Morgan fingerprint density at radius 1 is 1.09 bits per heavy atom. The molecule has 0 saturated heterocycles. The van der Waals surface area contributed by atoms with E-state index < -0.39 is 5.92 Å². The molecule has 1 unspecified atom stereocenters. The van der Waals surface area contributed by atoms with E-state index in [1.807, 2.05) is 6.07 Å². The number of carbonyl (C=O) groups excluding carboxylic acids is 2. The van der Waals surface area contributed by atoms with E-state index in [2.05, 4.69) is 55.9 Å². The molecule has 232 valence electrons. The van der Waals surface area contributed by atoms with E-state index in [4.69, 9.17) is 4.74 Å². The molecule has 2 aromatic rings. The highest BCUT2D eigenvalue weighted by Gasteiger charge is 2.28. The number of allylic oxidation sites excluding steroid dienone is 1. The quantitative estimate of drug-likeness (QED) is 0.182. The summed E-state index contributed by atoms with van der Waals surface area (Å²) in [4.78, 5) is 28.4. The first-order valence-electron chi connectivity index (χ1n) is 15.6. The lowest BCUT2D eigenvalue weighted by Gasteiger charge is -2.34. The van der Waals surface area contributed by atoms with Gasteiger partial charge >= 0.3 is 0 Å². The number of alkyl halides is 2. The van der Waals surface area contributed by atoms with Crippen LogP contribution >= 0.6 is 0 Å². The van der Waals surface area contributed by atoms with Crippen molar-refractivity contribution < 1.29 is 23.1 Å². The zero-order valence-electron chi connectivity index (χ0n) is 26.0. The Labute approximate surface area is 254 Å². The van der Waals surface area contributed by atoms with Crippen LogP contribution in [0.4, 0.5) is 8.78 Å². The van der Waals surface area contributed by atoms with Crippen LogP contribution in [0.5, 0.6) is 0 Å². The van der Waals surface area contributed by atoms with E-state index in [1.165, 1.54) is 29.5 Å². The van der Waals surface area contributed by atoms with E-state index in [1.54, 1.807) is 7.11 Å². The van der Waals surface area contributed by atoms with Crippen molar-refractivity contribution in [2.75, 3.05) is 26.8 Å². The molecule has 2 aliphatic rings. The molecule has 1 heterocycles. The van der Waals surface area contributed by atoms with E-state index in [9.17, 15) is 18.4 Å². The minimum Gasteiger partial charge on any atom is -0.383 e. The average molecular weight is 593 g/mol. The van der Waals surface area contributed by atoms with Crippen LogP contribution in [0.3, 0.4) is 0 Å². The van der Waals surface area contributed by atoms with Crippen molar-refractivity contribution in [3.05, 3.63) is 81.7 Å². The summed E-state index contributed by atoms with van der Waals surface area (Å²) in [5, 5.41) is 5.23. The molecule has 2 aromatic carbocycles. The predicted molar refractivity (Wildman–Crippen MR) is 169 cm³/mol. The highest BCUT2D eigenvalue weighted by molar-refractivity contribution is 5.96. The molecule has 0 aromatic heterocycles. The van der Waals surface area contributed by atoms with E-state index in [-0.39, 0.29) is 23.2 Å². The van der Waals surface area contributed by atoms with Crippen molar-refractivity contribution in [3.63, 3.8) is 0 Å². The molecule has 5 nitrogen and oxygen atoms in total. The molecule has 7 heteroatoms. The second-order valence-electron chi connectivity index (χ2n) is 12.5. The summed E-state index contributed by atoms with van der Waals surface area (Å²) in [7, 11) is 1.62. The second kappa shape index (κ2) is 14.4. The van der Waals surface area contributed by atoms with Gasteiger partial charge in [-0.2, -0.15) is 8.78 Å². The lowest BCUT2D eigenvalue weighted by molar-refractivity contribution is 0.0524. The maximum Gasteiger partial charge on any atom is 0.291 e. The van der Waals surface area contributed by atoms with Gasteiger partial charge in [0, 0.05) is 55.6 Å². The SMILES string of the molecule is C=CC(F)(F)c1ccc(C(=O)CC2CCC(CN3C=c4cc(C(=O)NCCOC)c(C(C)C)cc4=CCC3C)CC2)cc1. The number of benzene rings is 2. The normalized spacial score (nSPS) is 20.4. The number of ether oxygens (including phenoxy) is 1. The molecular weight excluding hydrogens is 546 g/mol. The maximum absolute atomic E-state index is 13.8. The lowest BCUT2D eigenvalue weighted by atomic mass is 9.79. The molecule has 1 aliphatic carbocycles. The second-order valence-corrected chi connectivity index (χ2v) is 12.5. The fourth-order valence-corrected chi connectivity index (χ4v) is 6.24. The molecule has 1 N–H and O–H groups in total. The van der Waals surface area contributed by atoms with E-state index >= 15 is 0 Å². The number of amides is 1. The third-order valence-electron chi connectivity index (χ3n) is 9.02. The lowest BCUT2D eigenvalue weighted by Crippen LogP contribution is -2.36. The number of fused-ring (bicyclic) bond motifs is 1. The summed E-state index contributed by atoms with van der Waals surface area (Å²) >= 11 is 0. The molecule has 43 heavy (non-hydrogen) atoms. The standard InChI is InChI=1S/C36H46F2N2O3/c1-6-36(37,38)31-15-13-28(14-16-31)34(41)19-26-8-10-27(11-9-26)22-40-23-30-21-33(35(42)39-17-18-43-5)32(24(2)3)20-29(30)12-7-25(40)4/h6,12-16,20-21,23-27H,1,7-11,17-19,22H2,2-5H3,(H,39,42). The number of hydrogen-bond donors (Lipinski definition) is 1. The smallest absolute Gasteiger partial charge is 0.291 e. The molecular formula is C36H46F2N2O3. The maximum atomic E-state index is 13.8. The van der Waals surface area contributed by atoms with Gasteiger partial charge in [0.05, 0.1) is 6.61 Å². The fraction of sp³-hybridized carbons (Fsp3) is 0.500. The Morgan fingerprint density at radius 2 is 1.77 bits per heavy atom. The van der Waals surface area contributed by atoms with Crippen LogP contribution in [0.2, 0.25) is 0 Å². The molecule has 1 saturated carbocycles. The average Bonchev–Trinajstić information content (AvgIpc) is 3.15. The first-order chi connectivity index (χ1) is 20.5. The van der Waals surface area contributed by atoms with Gasteiger partial charge in [-0.15, -0.1) is 0 Å². The number of methoxy groups -OCH3 is 1. The molecule has 1 aliphatic heterocycles. The van der Waals surface area contributed by atoms with Gasteiger partial charge in [0.2, 0.25) is 0 Å². The molecule has 0 radical (unpaired) electrons. The Bertz CT molecular complexity index is 1410. The third-order valence-corrected chi connectivity index (χ3v) is 9.02. The minimum absolute atomic E-state index is 0.0152. The van der Waals surface area contributed by atoms with Gasteiger partial charge in [-0.3, -0.25) is 9.59 Å². The summed E-state index contributed by atoms with van der Waals surface area (Å²) in [6.45, 7) is 11.6. The van der Waals surface area contributed by atoms with Crippen LogP contribution < -0.4 is 15.8 Å². The number of Topliss-reactive ketones (excluding diaryl/α,β-unsaturated/α-hetero) is 1. The van der Waals surface area contributed by atoms with Crippen molar-refractivity contribution >= 4 is 24.0 Å². The first-order valence-corrected chi connectivity index (χ1v) is 15.6. The number of nitrogens with zero attached hydrogens (tertiary/aromatic N) is 1. The van der Waals surface area contributed by atoms with Crippen LogP contribution in [-0.4, -0.2) is 49.4 Å². The zero-order chi connectivity index (χ0) is 31.1. The van der Waals surface area contributed by atoms with Gasteiger partial charge in [0.25, 0.3) is 11.8 Å². The summed E-state index contributed by atoms with van der Waals surface area (Å²) in [6.07, 6.45) is 10.6. The van der Waals surface area contributed by atoms with Crippen LogP contribution in [0.15, 0.2) is 49.1 Å². The fourth-order valence-electron chi connectivity index (χ4n) is 6.24. The van der Waals surface area contributed by atoms with Crippen molar-refractivity contribution in [1.29, 1.82) is 0 Å². The van der Waals surface area contributed by atoms with Gasteiger partial charge in [-0.05, 0) is 84.9 Å². The van der Waals surface area contributed by atoms with Gasteiger partial charge < -0.3 is 15.0 Å². The molecule has 4 rings (SSSR count). The Balaban J connectivity index is 1.40. The van der Waals surface area contributed by atoms with Crippen LogP contribution in [0.1, 0.15) is 97.1 Å². The molecule has 1 amide bonds. The van der Waals surface area contributed by atoms with Gasteiger partial charge in [0.1, 0.15) is 0 Å². The number of carbonyl (C=O) groups is 2. The number of ketones is 1. The number of nitrogens with one attached hydrogen (secondary N) is 1. The van der Waals surface area contributed by atoms with Gasteiger partial charge in [-0.1, -0.05) is 56.8 Å². The van der Waals surface area contributed by atoms with Crippen LogP contribution in [0.25, 0.3) is 12.3 Å². The summed E-state index contributed by atoms with van der Waals surface area (Å²) in [5.41, 5.74) is 2.11. The zero-order valence-corrected chi connectivity index (χ0v) is 26.0. The van der Waals surface area contributed by atoms with Crippen molar-refractivity contribution in [2.45, 2.75) is 77.2 Å². The summed E-state index contributed by atoms with van der Waals surface area (Å²) < 4.78 is 32.8. The summed E-state index contributed by atoms with van der Waals surface area (Å²) in [5.74, 6) is -2.09. The van der Waals surface area contributed by atoms with Crippen LogP contribution in [-0.2, 0) is 10.7 Å². The largest absolute Gasteiger partial charge is 0.383 e. The number of halogens is 2. The first kappa shape index (κ1) is 32.6. The van der Waals surface area contributed by atoms with Crippen molar-refractivity contribution in [3.8, 4) is 0 Å². The highest BCUT2D eigenvalue weighted by Crippen LogP contribution is 2.34. The molecule has 0 bridgehead atoms. The van der Waals surface area contributed by atoms with E-state index in [0.29, 0.717) is 49.1 Å². The third kappa shape index (κ3) is 8.20. The molecule has 1 atom stereocenters. The summed E-state index contributed by atoms with van der Waals surface area (Å²) in [6, 6.07) is 10.2. The van der Waals surface area contributed by atoms with Gasteiger partial charge in [0.15, 0.2) is 5.78 Å². The monoisotopic (exact) mass is 592 g/mol. The minimum atomic E-state index is -3.10. The Kier molecular flexibility index (Phi) is 10.9. The Morgan fingerprint density at radius 3 is 2.40 bits per heavy atom. The van der Waals surface area contributed by atoms with Crippen LogP contribution in [0, 0.1) is 11.8 Å². The molecule has 0 spiro atoms. The van der Waals surface area contributed by atoms with E-state index in [0.717, 1.165) is 55.0 Å². The molecule has 1 fully saturated rings. The predicted octanol–water partition coefficient (Wildman–Crippen LogP) is 6.16. The highest BCUT2D eigenvalue weighted by atomic mass is 19.3. The number of rotatable bonds is 12. The van der Waals surface area contributed by atoms with Gasteiger partial charge in [-0.25, -0.2) is 0 Å². The topological polar surface area (TPSA) is 58.6 Å². The van der Waals surface area contributed by atoms with Crippen molar-refractivity contribution in [2.24, 2.45) is 11.8 Å². The Hall–Kier alpha value is -3.32.